The molecule has 17 heavy (non-hydrogen) atoms. The molecule has 0 aliphatic carbocycles. The number of aliphatic carboxylic acids is 1. The van der Waals surface area contributed by atoms with Gasteiger partial charge >= 0.3 is 0 Å². The summed E-state index contributed by atoms with van der Waals surface area (Å²) in [5.74, 6) is -0.833. The highest BCUT2D eigenvalue weighted by Crippen LogP contribution is 2.16. The monoisotopic (exact) mass is 294 g/mol. The fraction of sp³-hybridized carbons (Fsp3) is 0.214. The lowest BCUT2D eigenvalue weighted by Crippen LogP contribution is -1.84. The van der Waals surface area contributed by atoms with Crippen molar-refractivity contribution in [2.24, 2.45) is 0 Å². The van der Waals surface area contributed by atoms with Gasteiger partial charge in [0.25, 0.3) is 5.97 Å². The van der Waals surface area contributed by atoms with Crippen LogP contribution in [0.1, 0.15) is 12.5 Å². The molecule has 2 aromatic carbocycles. The Morgan fingerprint density at radius 1 is 1.18 bits per heavy atom. The van der Waals surface area contributed by atoms with Crippen LogP contribution in [-0.4, -0.2) is 16.4 Å². The first-order valence-corrected chi connectivity index (χ1v) is 6.49. The molecule has 0 radical (unpaired) electrons. The number of rotatable bonds is 2. The Balaban J connectivity index is 0.000000317. The second-order valence-corrected chi connectivity index (χ2v) is 4.43. The molecule has 1 N–H and O–H groups in total. The topological polar surface area (TPSA) is 37.3 Å². The molecule has 0 amide bonds. The van der Waals surface area contributed by atoms with Gasteiger partial charge in [0, 0.05) is 12.3 Å². The minimum absolute atomic E-state index is 0.833. The quantitative estimate of drug-likeness (QED) is 0.854. The van der Waals surface area contributed by atoms with E-state index in [1.165, 1.54) is 16.3 Å². The summed E-state index contributed by atoms with van der Waals surface area (Å²) in [6.07, 6.45) is 1.10. The van der Waals surface area contributed by atoms with E-state index in [4.69, 9.17) is 9.90 Å². The Kier molecular flexibility index (Phi) is 5.70. The number of alkyl halides is 1. The number of hydrogen-bond donors (Lipinski definition) is 1. The van der Waals surface area contributed by atoms with Crippen LogP contribution >= 0.6 is 15.9 Å². The number of carbonyl (C=O) groups is 1. The normalized spacial score (nSPS) is 9.53. The summed E-state index contributed by atoms with van der Waals surface area (Å²) in [7, 11) is 0. The molecule has 90 valence electrons. The van der Waals surface area contributed by atoms with Crippen molar-refractivity contribution in [3.63, 3.8) is 0 Å². The third-order valence-electron chi connectivity index (χ3n) is 2.20. The Labute approximate surface area is 109 Å². The van der Waals surface area contributed by atoms with Gasteiger partial charge in [0.2, 0.25) is 0 Å². The molecular formula is C14H15BrO2. The maximum atomic E-state index is 9.00. The van der Waals surface area contributed by atoms with Crippen LogP contribution in [0.25, 0.3) is 10.8 Å². The highest BCUT2D eigenvalue weighted by Gasteiger charge is 1.94. The average Bonchev–Trinajstić information content (AvgIpc) is 2.29. The van der Waals surface area contributed by atoms with Gasteiger partial charge in [0.1, 0.15) is 0 Å². The molecule has 0 atom stereocenters. The number of aryl methyl sites for hydroxylation is 1. The van der Waals surface area contributed by atoms with Crippen molar-refractivity contribution in [3.8, 4) is 0 Å². The first-order chi connectivity index (χ1) is 8.13. The lowest BCUT2D eigenvalue weighted by molar-refractivity contribution is -0.134. The summed E-state index contributed by atoms with van der Waals surface area (Å²) < 4.78 is 0. The Bertz CT molecular complexity index is 490. The zero-order chi connectivity index (χ0) is 12.7. The lowest BCUT2D eigenvalue weighted by atomic mass is 10.1. The maximum Gasteiger partial charge on any atom is 0.300 e. The summed E-state index contributed by atoms with van der Waals surface area (Å²) in [5.41, 5.74) is 1.40. The van der Waals surface area contributed by atoms with Crippen molar-refractivity contribution in [3.05, 3.63) is 48.0 Å². The number of hydrogen-bond acceptors (Lipinski definition) is 1. The number of benzene rings is 2. The van der Waals surface area contributed by atoms with Gasteiger partial charge in [0.15, 0.2) is 0 Å². The van der Waals surface area contributed by atoms with E-state index in [9.17, 15) is 0 Å². The van der Waals surface area contributed by atoms with Gasteiger partial charge in [-0.2, -0.15) is 0 Å². The fourth-order valence-electron chi connectivity index (χ4n) is 1.50. The van der Waals surface area contributed by atoms with Gasteiger partial charge in [-0.3, -0.25) is 4.79 Å². The Hall–Kier alpha value is -1.35. The standard InChI is InChI=1S/C12H11Br.C2H4O2/c13-8-7-10-5-6-11-3-1-2-4-12(11)9-10;1-2(3)4/h1-6,9H,7-8H2;1H3,(H,3,4). The van der Waals surface area contributed by atoms with E-state index >= 15 is 0 Å². The molecule has 0 bridgehead atoms. The zero-order valence-electron chi connectivity index (χ0n) is 9.69. The van der Waals surface area contributed by atoms with Gasteiger partial charge in [-0.25, -0.2) is 0 Å². The van der Waals surface area contributed by atoms with Crippen LogP contribution in [0.2, 0.25) is 0 Å². The number of carboxylic acid groups (broad SMARTS) is 1. The molecule has 0 unspecified atom stereocenters. The maximum absolute atomic E-state index is 9.00. The highest BCUT2D eigenvalue weighted by atomic mass is 79.9. The van der Waals surface area contributed by atoms with E-state index in [0.29, 0.717) is 0 Å². The summed E-state index contributed by atoms with van der Waals surface area (Å²) >= 11 is 3.45. The summed E-state index contributed by atoms with van der Waals surface area (Å²) in [5, 5.41) is 11.1. The van der Waals surface area contributed by atoms with Crippen molar-refractivity contribution in [1.29, 1.82) is 0 Å². The van der Waals surface area contributed by atoms with E-state index in [1.807, 2.05) is 0 Å². The van der Waals surface area contributed by atoms with E-state index < -0.39 is 5.97 Å². The molecule has 2 rings (SSSR count). The Morgan fingerprint density at radius 3 is 2.35 bits per heavy atom. The van der Waals surface area contributed by atoms with Crippen molar-refractivity contribution in [2.75, 3.05) is 5.33 Å². The molecular weight excluding hydrogens is 280 g/mol. The van der Waals surface area contributed by atoms with Crippen molar-refractivity contribution < 1.29 is 9.90 Å². The van der Waals surface area contributed by atoms with Crippen LogP contribution < -0.4 is 0 Å². The van der Waals surface area contributed by atoms with Crippen molar-refractivity contribution in [2.45, 2.75) is 13.3 Å². The van der Waals surface area contributed by atoms with Crippen LogP contribution in [0.5, 0.6) is 0 Å². The molecule has 2 aromatic rings. The molecule has 0 saturated carbocycles. The zero-order valence-corrected chi connectivity index (χ0v) is 11.3. The largest absolute Gasteiger partial charge is 0.481 e. The molecule has 0 aliphatic heterocycles. The minimum atomic E-state index is -0.833. The summed E-state index contributed by atoms with van der Waals surface area (Å²) in [6, 6.07) is 15.1. The predicted molar refractivity (Wildman–Crippen MR) is 74.8 cm³/mol. The minimum Gasteiger partial charge on any atom is -0.481 e. The molecule has 0 saturated heterocycles. The van der Waals surface area contributed by atoms with Gasteiger partial charge in [-0.15, -0.1) is 0 Å². The second-order valence-electron chi connectivity index (χ2n) is 3.64. The SMILES string of the molecule is BrCCc1ccc2ccccc2c1.CC(=O)O. The smallest absolute Gasteiger partial charge is 0.300 e. The summed E-state index contributed by atoms with van der Waals surface area (Å²) in [4.78, 5) is 9.00. The summed E-state index contributed by atoms with van der Waals surface area (Å²) in [6.45, 7) is 1.08. The first-order valence-electron chi connectivity index (χ1n) is 5.36. The lowest BCUT2D eigenvalue weighted by Gasteiger charge is -2.00. The van der Waals surface area contributed by atoms with Gasteiger partial charge in [-0.1, -0.05) is 58.4 Å². The van der Waals surface area contributed by atoms with E-state index in [2.05, 4.69) is 58.4 Å². The molecule has 0 fully saturated rings. The molecule has 0 heterocycles. The third-order valence-corrected chi connectivity index (χ3v) is 2.59. The van der Waals surface area contributed by atoms with Crippen LogP contribution in [0, 0.1) is 0 Å². The van der Waals surface area contributed by atoms with Crippen LogP contribution in [0.3, 0.4) is 0 Å². The van der Waals surface area contributed by atoms with Crippen LogP contribution in [-0.2, 0) is 11.2 Å². The van der Waals surface area contributed by atoms with Crippen LogP contribution in [0.4, 0.5) is 0 Å². The number of fused-ring (bicyclic) bond motifs is 1. The van der Waals surface area contributed by atoms with Crippen LogP contribution in [0.15, 0.2) is 42.5 Å². The van der Waals surface area contributed by atoms with Gasteiger partial charge in [-0.05, 0) is 22.8 Å². The number of carboxylic acids is 1. The highest BCUT2D eigenvalue weighted by molar-refractivity contribution is 9.09. The molecule has 0 aromatic heterocycles. The second kappa shape index (κ2) is 7.07. The van der Waals surface area contributed by atoms with Crippen molar-refractivity contribution >= 4 is 32.7 Å². The number of halogens is 1. The van der Waals surface area contributed by atoms with Crippen molar-refractivity contribution in [1.82, 2.24) is 0 Å². The third kappa shape index (κ3) is 5.00. The fourth-order valence-corrected chi connectivity index (χ4v) is 1.96. The average molecular weight is 295 g/mol. The molecule has 2 nitrogen and oxygen atoms in total. The molecule has 3 heteroatoms. The Morgan fingerprint density at radius 2 is 1.76 bits per heavy atom. The molecule has 0 spiro atoms. The molecule has 0 aliphatic rings. The predicted octanol–water partition coefficient (Wildman–Crippen LogP) is 3.87. The van der Waals surface area contributed by atoms with E-state index in [-0.39, 0.29) is 0 Å². The van der Waals surface area contributed by atoms with Gasteiger partial charge in [0.05, 0.1) is 0 Å². The van der Waals surface area contributed by atoms with E-state index in [1.54, 1.807) is 0 Å². The first kappa shape index (κ1) is 13.7. The van der Waals surface area contributed by atoms with Gasteiger partial charge < -0.3 is 5.11 Å². The van der Waals surface area contributed by atoms with E-state index in [0.717, 1.165) is 18.7 Å².